The second-order valence-electron chi connectivity index (χ2n) is 7.96. The van der Waals surface area contributed by atoms with Crippen molar-refractivity contribution in [2.24, 2.45) is 0 Å². The Morgan fingerprint density at radius 1 is 1.16 bits per heavy atom. The highest BCUT2D eigenvalue weighted by atomic mass is 19.4. The van der Waals surface area contributed by atoms with Crippen LogP contribution in [0.4, 0.5) is 13.2 Å². The predicted octanol–water partition coefficient (Wildman–Crippen LogP) is 4.98. The van der Waals surface area contributed by atoms with Crippen molar-refractivity contribution in [2.45, 2.75) is 32.0 Å². The zero-order chi connectivity index (χ0) is 22.7. The number of amides is 1. The van der Waals surface area contributed by atoms with Crippen LogP contribution in [0.25, 0.3) is 22.5 Å². The van der Waals surface area contributed by atoms with Gasteiger partial charge in [-0.1, -0.05) is 31.2 Å². The monoisotopic (exact) mass is 442 g/mol. The fraction of sp³-hybridized carbons (Fsp3) is 0.333. The number of alkyl halides is 3. The maximum atomic E-state index is 13.0. The smallest absolute Gasteiger partial charge is 0.350 e. The molecule has 0 radical (unpaired) electrons. The molecule has 1 amide bonds. The molecule has 0 unspecified atom stereocenters. The van der Waals surface area contributed by atoms with Crippen LogP contribution in [0.15, 0.2) is 54.6 Å². The van der Waals surface area contributed by atoms with E-state index in [1.54, 1.807) is 36.4 Å². The van der Waals surface area contributed by atoms with Crippen LogP contribution in [0.1, 0.15) is 35.7 Å². The van der Waals surface area contributed by atoms with Crippen molar-refractivity contribution >= 4 is 5.91 Å². The van der Waals surface area contributed by atoms with Gasteiger partial charge in [-0.05, 0) is 61.8 Å². The average Bonchev–Trinajstić information content (AvgIpc) is 3.46. The van der Waals surface area contributed by atoms with E-state index in [2.05, 4.69) is 27.3 Å². The van der Waals surface area contributed by atoms with Crippen LogP contribution < -0.4 is 5.32 Å². The lowest BCUT2D eigenvalue weighted by molar-refractivity contribution is -0.137. The number of hydrogen-bond acceptors (Lipinski definition) is 3. The van der Waals surface area contributed by atoms with Gasteiger partial charge in [0, 0.05) is 23.7 Å². The maximum Gasteiger partial charge on any atom is 0.416 e. The summed E-state index contributed by atoms with van der Waals surface area (Å²) in [5.41, 5.74) is 2.10. The highest BCUT2D eigenvalue weighted by Gasteiger charge is 2.30. The molecule has 2 heterocycles. The number of hydrogen-bond donors (Lipinski definition) is 2. The van der Waals surface area contributed by atoms with Gasteiger partial charge in [-0.15, -0.1) is 0 Å². The van der Waals surface area contributed by atoms with Gasteiger partial charge in [0.25, 0.3) is 5.91 Å². The molecular formula is C24H25F3N4O. The quantitative estimate of drug-likeness (QED) is 0.566. The van der Waals surface area contributed by atoms with Crippen LogP contribution in [0.5, 0.6) is 0 Å². The van der Waals surface area contributed by atoms with Gasteiger partial charge in [-0.2, -0.15) is 18.3 Å². The van der Waals surface area contributed by atoms with E-state index < -0.39 is 11.7 Å². The Hall–Kier alpha value is -3.13. The van der Waals surface area contributed by atoms with Crippen LogP contribution in [0, 0.1) is 0 Å². The molecule has 8 heteroatoms. The minimum absolute atomic E-state index is 0.117. The van der Waals surface area contributed by atoms with E-state index in [0.29, 0.717) is 35.1 Å². The van der Waals surface area contributed by atoms with Gasteiger partial charge in [-0.3, -0.25) is 14.8 Å². The molecule has 0 bridgehead atoms. The second kappa shape index (κ2) is 9.16. The van der Waals surface area contributed by atoms with Gasteiger partial charge < -0.3 is 5.32 Å². The number of aromatic amines is 1. The lowest BCUT2D eigenvalue weighted by atomic mass is 10.1. The van der Waals surface area contributed by atoms with E-state index in [1.807, 2.05) is 0 Å². The van der Waals surface area contributed by atoms with Crippen molar-refractivity contribution in [1.82, 2.24) is 20.4 Å². The van der Waals surface area contributed by atoms with Crippen LogP contribution in [0.3, 0.4) is 0 Å². The van der Waals surface area contributed by atoms with Crippen LogP contribution in [-0.4, -0.2) is 46.7 Å². The van der Waals surface area contributed by atoms with E-state index >= 15 is 0 Å². The van der Waals surface area contributed by atoms with Gasteiger partial charge in [-0.25, -0.2) is 0 Å². The van der Waals surface area contributed by atoms with Crippen molar-refractivity contribution in [3.05, 3.63) is 65.7 Å². The SMILES string of the molecule is CCN1CCC[C@H]1CNC(=O)c1ccc(-c2cc(-c3cccc(C(F)(F)F)c3)n[nH]2)cc1. The zero-order valence-corrected chi connectivity index (χ0v) is 17.7. The molecule has 1 atom stereocenters. The van der Waals surface area contributed by atoms with Gasteiger partial charge in [0.15, 0.2) is 0 Å². The Morgan fingerprint density at radius 3 is 2.66 bits per heavy atom. The van der Waals surface area contributed by atoms with Gasteiger partial charge in [0.1, 0.15) is 0 Å². The van der Waals surface area contributed by atoms with E-state index in [4.69, 9.17) is 0 Å². The zero-order valence-electron chi connectivity index (χ0n) is 17.7. The number of benzene rings is 2. The largest absolute Gasteiger partial charge is 0.416 e. The molecule has 4 rings (SSSR count). The highest BCUT2D eigenvalue weighted by Crippen LogP contribution is 2.32. The molecule has 2 aromatic carbocycles. The Balaban J connectivity index is 1.43. The molecule has 3 aromatic rings. The molecule has 2 N–H and O–H groups in total. The number of carbonyl (C=O) groups excluding carboxylic acids is 1. The number of aromatic nitrogens is 2. The Bertz CT molecular complexity index is 1080. The van der Waals surface area contributed by atoms with Gasteiger partial charge in [0.05, 0.1) is 17.0 Å². The Kier molecular flexibility index (Phi) is 6.32. The molecule has 1 aliphatic rings. The van der Waals surface area contributed by atoms with E-state index in [9.17, 15) is 18.0 Å². The topological polar surface area (TPSA) is 61.0 Å². The van der Waals surface area contributed by atoms with Crippen molar-refractivity contribution in [2.75, 3.05) is 19.6 Å². The summed E-state index contributed by atoms with van der Waals surface area (Å²) in [7, 11) is 0. The molecule has 1 aromatic heterocycles. The number of rotatable bonds is 6. The minimum atomic E-state index is -4.40. The number of carbonyl (C=O) groups is 1. The fourth-order valence-electron chi connectivity index (χ4n) is 4.13. The van der Waals surface area contributed by atoms with Crippen molar-refractivity contribution in [1.29, 1.82) is 0 Å². The van der Waals surface area contributed by atoms with Crippen molar-refractivity contribution in [3.8, 4) is 22.5 Å². The number of likely N-dealkylation sites (tertiary alicyclic amines) is 1. The summed E-state index contributed by atoms with van der Waals surface area (Å²) >= 11 is 0. The molecule has 1 fully saturated rings. The van der Waals surface area contributed by atoms with E-state index in [1.165, 1.54) is 6.07 Å². The summed E-state index contributed by atoms with van der Waals surface area (Å²) in [6.07, 6.45) is -2.14. The Labute approximate surface area is 184 Å². The minimum Gasteiger partial charge on any atom is -0.350 e. The number of halogens is 3. The molecule has 5 nitrogen and oxygen atoms in total. The summed E-state index contributed by atoms with van der Waals surface area (Å²) in [4.78, 5) is 14.9. The van der Waals surface area contributed by atoms with Gasteiger partial charge >= 0.3 is 6.18 Å². The van der Waals surface area contributed by atoms with Crippen molar-refractivity contribution < 1.29 is 18.0 Å². The first-order valence-corrected chi connectivity index (χ1v) is 10.7. The molecule has 0 saturated carbocycles. The first-order chi connectivity index (χ1) is 15.3. The third-order valence-electron chi connectivity index (χ3n) is 5.93. The summed E-state index contributed by atoms with van der Waals surface area (Å²) < 4.78 is 38.9. The number of likely N-dealkylation sites (N-methyl/N-ethyl adjacent to an activating group) is 1. The summed E-state index contributed by atoms with van der Waals surface area (Å²) in [6, 6.07) is 14.2. The van der Waals surface area contributed by atoms with Gasteiger partial charge in [0.2, 0.25) is 0 Å². The lowest BCUT2D eigenvalue weighted by Gasteiger charge is -2.22. The number of nitrogens with zero attached hydrogens (tertiary/aromatic N) is 2. The summed E-state index contributed by atoms with van der Waals surface area (Å²) in [5.74, 6) is -0.117. The first kappa shape index (κ1) is 22.1. The number of nitrogens with one attached hydrogen (secondary N) is 2. The Morgan fingerprint density at radius 2 is 1.94 bits per heavy atom. The highest BCUT2D eigenvalue weighted by molar-refractivity contribution is 5.94. The molecule has 0 spiro atoms. The van der Waals surface area contributed by atoms with E-state index in [-0.39, 0.29) is 5.91 Å². The fourth-order valence-corrected chi connectivity index (χ4v) is 4.13. The van der Waals surface area contributed by atoms with Crippen LogP contribution in [-0.2, 0) is 6.18 Å². The first-order valence-electron chi connectivity index (χ1n) is 10.7. The third kappa shape index (κ3) is 4.85. The maximum absolute atomic E-state index is 13.0. The average molecular weight is 442 g/mol. The van der Waals surface area contributed by atoms with E-state index in [0.717, 1.165) is 43.6 Å². The molecular weight excluding hydrogens is 417 g/mol. The third-order valence-corrected chi connectivity index (χ3v) is 5.93. The summed E-state index contributed by atoms with van der Waals surface area (Å²) in [5, 5.41) is 10.0. The molecule has 168 valence electrons. The second-order valence-corrected chi connectivity index (χ2v) is 7.96. The summed E-state index contributed by atoms with van der Waals surface area (Å²) in [6.45, 7) is 4.84. The number of H-pyrrole nitrogens is 1. The lowest BCUT2D eigenvalue weighted by Crippen LogP contribution is -2.40. The standard InChI is InChI=1S/C24H25F3N4O/c1-2-31-12-4-7-20(31)15-28-23(32)17-10-8-16(9-11-17)21-14-22(30-29-21)18-5-3-6-19(13-18)24(25,26)27/h3,5-6,8-11,13-14,20H,2,4,7,12,15H2,1H3,(H,28,32)(H,29,30)/t20-/m0/s1. The van der Waals surface area contributed by atoms with Crippen LogP contribution in [0.2, 0.25) is 0 Å². The normalized spacial score (nSPS) is 16.9. The predicted molar refractivity (Wildman–Crippen MR) is 117 cm³/mol. The molecule has 1 aliphatic heterocycles. The van der Waals surface area contributed by atoms with Crippen molar-refractivity contribution in [3.63, 3.8) is 0 Å². The van der Waals surface area contributed by atoms with Crippen LogP contribution >= 0.6 is 0 Å². The molecule has 0 aliphatic carbocycles. The molecule has 1 saturated heterocycles. The molecule has 32 heavy (non-hydrogen) atoms.